The molecule has 0 saturated carbocycles. The molecule has 7 nitrogen and oxygen atoms in total. The van der Waals surface area contributed by atoms with Gasteiger partial charge in [0, 0.05) is 31.7 Å². The fraction of sp³-hybridized carbons (Fsp3) is 0.292. The number of hydrogen-bond acceptors (Lipinski definition) is 5. The summed E-state index contributed by atoms with van der Waals surface area (Å²) < 4.78 is 7.72. The minimum Gasteiger partial charge on any atom is -0.423 e. The third kappa shape index (κ3) is 4.30. The Morgan fingerprint density at radius 3 is 2.65 bits per heavy atom. The van der Waals surface area contributed by atoms with Crippen molar-refractivity contribution in [2.75, 3.05) is 24.5 Å². The summed E-state index contributed by atoms with van der Waals surface area (Å²) in [5.74, 6) is 0.167. The standard InChI is InChI=1S/C24H25N5O2/c30-23(25-13-10-18-16-26-29(17-18)20-6-2-1-3-7-20)19-11-14-28(15-12-19)24-27-21-8-4-5-9-22(21)31-24/h1-9,16-17,19H,10-15H2,(H,25,30). The third-order valence-electron chi connectivity index (χ3n) is 5.79. The molecule has 2 aromatic carbocycles. The van der Waals surface area contributed by atoms with Gasteiger partial charge in [0.1, 0.15) is 5.52 Å². The van der Waals surface area contributed by atoms with Crippen molar-refractivity contribution in [3.05, 3.63) is 72.6 Å². The molecule has 1 N–H and O–H groups in total. The first kappa shape index (κ1) is 19.4. The van der Waals surface area contributed by atoms with Gasteiger partial charge in [0.25, 0.3) is 6.01 Å². The summed E-state index contributed by atoms with van der Waals surface area (Å²) in [5.41, 5.74) is 3.80. The number of piperidine rings is 1. The van der Waals surface area contributed by atoms with E-state index < -0.39 is 0 Å². The molecule has 5 rings (SSSR count). The van der Waals surface area contributed by atoms with Crippen LogP contribution in [0.15, 0.2) is 71.4 Å². The van der Waals surface area contributed by atoms with Gasteiger partial charge in [-0.1, -0.05) is 30.3 Å². The molecule has 1 aliphatic heterocycles. The van der Waals surface area contributed by atoms with E-state index >= 15 is 0 Å². The van der Waals surface area contributed by atoms with Crippen LogP contribution in [0.25, 0.3) is 16.8 Å². The van der Waals surface area contributed by atoms with Crippen molar-refractivity contribution in [1.29, 1.82) is 0 Å². The molecular weight excluding hydrogens is 390 g/mol. The lowest BCUT2D eigenvalue weighted by atomic mass is 9.96. The number of para-hydroxylation sites is 3. The number of fused-ring (bicyclic) bond motifs is 1. The first-order valence-electron chi connectivity index (χ1n) is 10.7. The van der Waals surface area contributed by atoms with Gasteiger partial charge >= 0.3 is 0 Å². The first-order valence-corrected chi connectivity index (χ1v) is 10.7. The molecule has 4 aromatic rings. The van der Waals surface area contributed by atoms with Gasteiger partial charge < -0.3 is 14.6 Å². The molecule has 158 valence electrons. The van der Waals surface area contributed by atoms with Gasteiger partial charge in [-0.3, -0.25) is 4.79 Å². The second-order valence-corrected chi connectivity index (χ2v) is 7.90. The number of amides is 1. The second-order valence-electron chi connectivity index (χ2n) is 7.90. The van der Waals surface area contributed by atoms with Gasteiger partial charge in [0.05, 0.1) is 11.9 Å². The molecule has 0 aliphatic carbocycles. The van der Waals surface area contributed by atoms with Crippen LogP contribution in [0.2, 0.25) is 0 Å². The molecule has 0 atom stereocenters. The van der Waals surface area contributed by atoms with Crippen LogP contribution in [-0.4, -0.2) is 40.3 Å². The van der Waals surface area contributed by atoms with Gasteiger partial charge in [-0.2, -0.15) is 10.1 Å². The molecular formula is C24H25N5O2. The summed E-state index contributed by atoms with van der Waals surface area (Å²) in [6, 6.07) is 18.4. The predicted octanol–water partition coefficient (Wildman–Crippen LogP) is 3.59. The lowest BCUT2D eigenvalue weighted by molar-refractivity contribution is -0.125. The number of anilines is 1. The summed E-state index contributed by atoms with van der Waals surface area (Å²) >= 11 is 0. The van der Waals surface area contributed by atoms with E-state index in [-0.39, 0.29) is 11.8 Å². The van der Waals surface area contributed by atoms with Crippen molar-refractivity contribution in [2.45, 2.75) is 19.3 Å². The van der Waals surface area contributed by atoms with Crippen LogP contribution in [0.4, 0.5) is 6.01 Å². The quantitative estimate of drug-likeness (QED) is 0.521. The summed E-state index contributed by atoms with van der Waals surface area (Å²) in [6.45, 7) is 2.16. The Balaban J connectivity index is 1.09. The molecule has 2 aromatic heterocycles. The normalized spacial score (nSPS) is 14.8. The molecule has 3 heterocycles. The second kappa shape index (κ2) is 8.63. The highest BCUT2D eigenvalue weighted by molar-refractivity contribution is 5.79. The maximum atomic E-state index is 12.6. The Bertz CT molecular complexity index is 1130. The largest absolute Gasteiger partial charge is 0.423 e. The first-order chi connectivity index (χ1) is 15.3. The third-order valence-corrected chi connectivity index (χ3v) is 5.79. The Kier molecular flexibility index (Phi) is 5.39. The minimum absolute atomic E-state index is 0.0349. The fourth-order valence-corrected chi connectivity index (χ4v) is 4.01. The lowest BCUT2D eigenvalue weighted by Crippen LogP contribution is -2.41. The van der Waals surface area contributed by atoms with Gasteiger partial charge in [-0.15, -0.1) is 0 Å². The van der Waals surface area contributed by atoms with E-state index in [0.717, 1.165) is 54.7 Å². The van der Waals surface area contributed by atoms with Gasteiger partial charge in [-0.05, 0) is 49.1 Å². The number of carbonyl (C=O) groups is 1. The monoisotopic (exact) mass is 415 g/mol. The van der Waals surface area contributed by atoms with E-state index in [1.807, 2.05) is 71.7 Å². The Labute approximate surface area is 180 Å². The molecule has 0 spiro atoms. The number of carbonyl (C=O) groups excluding carboxylic acids is 1. The molecule has 31 heavy (non-hydrogen) atoms. The molecule has 0 unspecified atom stereocenters. The smallest absolute Gasteiger partial charge is 0.298 e. The van der Waals surface area contributed by atoms with Crippen LogP contribution < -0.4 is 10.2 Å². The highest BCUT2D eigenvalue weighted by Gasteiger charge is 2.27. The summed E-state index contributed by atoms with van der Waals surface area (Å²) in [4.78, 5) is 19.3. The van der Waals surface area contributed by atoms with E-state index in [1.54, 1.807) is 0 Å². The SMILES string of the molecule is O=C(NCCc1cnn(-c2ccccc2)c1)C1CCN(c2nc3ccccc3o2)CC1. The molecule has 0 bridgehead atoms. The maximum absolute atomic E-state index is 12.6. The van der Waals surface area contributed by atoms with Crippen LogP contribution in [0, 0.1) is 5.92 Å². The fourth-order valence-electron chi connectivity index (χ4n) is 4.01. The minimum atomic E-state index is 0.0349. The van der Waals surface area contributed by atoms with Crippen LogP contribution in [0.1, 0.15) is 18.4 Å². The maximum Gasteiger partial charge on any atom is 0.298 e. The molecule has 1 fully saturated rings. The number of rotatable bonds is 6. The lowest BCUT2D eigenvalue weighted by Gasteiger charge is -2.30. The van der Waals surface area contributed by atoms with Crippen molar-refractivity contribution >= 4 is 23.0 Å². The van der Waals surface area contributed by atoms with Crippen molar-refractivity contribution < 1.29 is 9.21 Å². The zero-order valence-corrected chi connectivity index (χ0v) is 17.3. The summed E-state index contributed by atoms with van der Waals surface area (Å²) in [5, 5.41) is 7.50. The predicted molar refractivity (Wildman–Crippen MR) is 119 cm³/mol. The zero-order valence-electron chi connectivity index (χ0n) is 17.3. The highest BCUT2D eigenvalue weighted by Crippen LogP contribution is 2.26. The zero-order chi connectivity index (χ0) is 21.0. The van der Waals surface area contributed by atoms with Crippen LogP contribution >= 0.6 is 0 Å². The van der Waals surface area contributed by atoms with Gasteiger partial charge in [0.2, 0.25) is 5.91 Å². The number of nitrogens with one attached hydrogen (secondary N) is 1. The summed E-state index contributed by atoms with van der Waals surface area (Å²) in [6.07, 6.45) is 6.24. The number of nitrogens with zero attached hydrogens (tertiary/aromatic N) is 4. The van der Waals surface area contributed by atoms with Crippen LogP contribution in [-0.2, 0) is 11.2 Å². The average molecular weight is 415 g/mol. The number of hydrogen-bond donors (Lipinski definition) is 1. The van der Waals surface area contributed by atoms with E-state index in [9.17, 15) is 4.79 Å². The molecule has 0 radical (unpaired) electrons. The van der Waals surface area contributed by atoms with E-state index in [0.29, 0.717) is 12.6 Å². The van der Waals surface area contributed by atoms with E-state index in [2.05, 4.69) is 20.3 Å². The van der Waals surface area contributed by atoms with E-state index in [1.165, 1.54) is 0 Å². The van der Waals surface area contributed by atoms with Gasteiger partial charge in [0.15, 0.2) is 5.58 Å². The van der Waals surface area contributed by atoms with Crippen LogP contribution in [0.3, 0.4) is 0 Å². The molecule has 1 amide bonds. The van der Waals surface area contributed by atoms with Gasteiger partial charge in [-0.25, -0.2) is 4.68 Å². The Hall–Kier alpha value is -3.61. The average Bonchev–Trinajstić information content (AvgIpc) is 3.47. The topological polar surface area (TPSA) is 76.2 Å². The van der Waals surface area contributed by atoms with Crippen molar-refractivity contribution in [2.24, 2.45) is 5.92 Å². The molecule has 7 heteroatoms. The van der Waals surface area contributed by atoms with Crippen molar-refractivity contribution in [3.8, 4) is 5.69 Å². The Morgan fingerprint density at radius 2 is 1.84 bits per heavy atom. The number of oxazole rings is 1. The highest BCUT2D eigenvalue weighted by atomic mass is 16.4. The van der Waals surface area contributed by atoms with Crippen molar-refractivity contribution in [3.63, 3.8) is 0 Å². The van der Waals surface area contributed by atoms with Crippen molar-refractivity contribution in [1.82, 2.24) is 20.1 Å². The summed E-state index contributed by atoms with van der Waals surface area (Å²) in [7, 11) is 0. The number of aromatic nitrogens is 3. The Morgan fingerprint density at radius 1 is 1.06 bits per heavy atom. The molecule has 1 saturated heterocycles. The van der Waals surface area contributed by atoms with E-state index in [4.69, 9.17) is 4.42 Å². The number of benzene rings is 2. The molecule has 1 aliphatic rings. The van der Waals surface area contributed by atoms with Crippen LogP contribution in [0.5, 0.6) is 0 Å².